The first-order valence-electron chi connectivity index (χ1n) is 19.8. The lowest BCUT2D eigenvalue weighted by Crippen LogP contribution is -2.65. The van der Waals surface area contributed by atoms with E-state index < -0.39 is 128 Å². The Morgan fingerprint density at radius 3 is 2.07 bits per heavy atom. The van der Waals surface area contributed by atoms with E-state index in [0.29, 0.717) is 12.8 Å². The molecule has 0 radical (unpaired) electrons. The van der Waals surface area contributed by atoms with Crippen LogP contribution in [-0.2, 0) is 47.6 Å². The van der Waals surface area contributed by atoms with Crippen molar-refractivity contribution in [2.24, 2.45) is 17.3 Å². The maximum Gasteiger partial charge on any atom is 0.335 e. The number of hydrogen-bond donors (Lipinski definition) is 8. The van der Waals surface area contributed by atoms with Crippen LogP contribution in [0.25, 0.3) is 0 Å². The number of aliphatic hydroxyl groups is 6. The van der Waals surface area contributed by atoms with Crippen LogP contribution >= 0.6 is 0 Å². The van der Waals surface area contributed by atoms with Crippen LogP contribution in [-0.4, -0.2) is 183 Å². The molecule has 3 rings (SSSR count). The number of esters is 1. The van der Waals surface area contributed by atoms with Crippen molar-refractivity contribution in [2.75, 3.05) is 21.2 Å². The van der Waals surface area contributed by atoms with Crippen LogP contribution in [0.4, 0.5) is 0 Å². The maximum absolute atomic E-state index is 12.8. The summed E-state index contributed by atoms with van der Waals surface area (Å²) >= 11 is 0. The van der Waals surface area contributed by atoms with Gasteiger partial charge >= 0.3 is 17.9 Å². The molecule has 19 nitrogen and oxygen atoms in total. The number of aliphatic hydroxyl groups excluding tert-OH is 6. The number of ether oxygens (including phenoxy) is 6. The lowest BCUT2D eigenvalue weighted by atomic mass is 9.78. The van der Waals surface area contributed by atoms with E-state index in [4.69, 9.17) is 48.8 Å². The summed E-state index contributed by atoms with van der Waals surface area (Å²) in [5.41, 5.74) is -0.464. The summed E-state index contributed by atoms with van der Waals surface area (Å²) in [7, 11) is 4.98. The molecule has 59 heavy (non-hydrogen) atoms. The van der Waals surface area contributed by atoms with Crippen molar-refractivity contribution in [2.45, 2.75) is 166 Å². The van der Waals surface area contributed by atoms with E-state index in [9.17, 15) is 39.6 Å². The van der Waals surface area contributed by atoms with Gasteiger partial charge in [0.25, 0.3) is 0 Å². The van der Waals surface area contributed by atoms with E-state index in [2.05, 4.69) is 0 Å². The number of carboxylic acid groups (broad SMARTS) is 2. The Bertz CT molecular complexity index is 1370. The summed E-state index contributed by atoms with van der Waals surface area (Å²) in [6, 6.07) is -0.639. The van der Waals surface area contributed by atoms with E-state index in [-0.39, 0.29) is 18.8 Å². The van der Waals surface area contributed by atoms with Gasteiger partial charge in [-0.05, 0) is 58.5 Å². The van der Waals surface area contributed by atoms with E-state index in [1.54, 1.807) is 53.1 Å². The predicted octanol–water partition coefficient (Wildman–Crippen LogP) is -0.00180. The Kier molecular flexibility index (Phi) is 21.2. The molecule has 0 aromatic carbocycles. The molecule has 0 amide bonds. The topological polar surface area (TPSA) is 289 Å². The van der Waals surface area contributed by atoms with Crippen molar-refractivity contribution >= 4 is 24.2 Å². The SMILES string of the molecule is CO[C@@H]1[C@@H](O[C@@H]2O[C@H](C)[C@@H](O[C@@H]3CC(C)(C)[C@H](O)[C@@H](C)O3)[C@H](N(C)C)[C@H]2O)[C@H](CC=O)C[C@@H](C)[C@@H](O)/C=C/C=C/C[C@@H](C)OC(=O)C[C@H]1O.O=C(O)C(O)C(O)C(=O)O. The van der Waals surface area contributed by atoms with Crippen LogP contribution in [0.15, 0.2) is 24.3 Å². The third-order valence-electron chi connectivity index (χ3n) is 10.9. The molecule has 0 bridgehead atoms. The van der Waals surface area contributed by atoms with Gasteiger partial charge in [0.2, 0.25) is 0 Å². The number of nitrogens with zero attached hydrogens (tertiary/aromatic N) is 1. The van der Waals surface area contributed by atoms with Gasteiger partial charge in [-0.1, -0.05) is 45.1 Å². The lowest BCUT2D eigenvalue weighted by Gasteiger charge is -2.50. The molecule has 3 aliphatic rings. The standard InChI is InChI=1S/C36H61NO12.C4H6O6/c1-20-17-24(15-16-38)32(33(44-9)26(40)18-27(41)45-21(2)13-11-10-12-14-25(20)39)49-35-30(42)29(37(7)8)31(22(3)47-35)48-28-19-36(5,6)34(43)23(4)46-28;5-1(3(7)8)2(6)4(9)10/h10-12,14,16,20-26,28-35,39-40,42-43H,13,15,17-19H2,1-9H3;1-2,5-6H,(H,7,8)(H,9,10)/b11-10+,14-12+;/t20-,21-,22-,23-,24-,25+,26-,28-,29-,30-,31-,32+,33+,34-,35+;/m1./s1. The minimum absolute atomic E-state index is 0.0144. The van der Waals surface area contributed by atoms with Gasteiger partial charge in [0, 0.05) is 26.4 Å². The van der Waals surface area contributed by atoms with Crippen LogP contribution in [0.2, 0.25) is 0 Å². The number of cyclic esters (lactones) is 1. The molecular weight excluding hydrogens is 782 g/mol. The van der Waals surface area contributed by atoms with Gasteiger partial charge in [0.05, 0.1) is 49.1 Å². The summed E-state index contributed by atoms with van der Waals surface area (Å²) in [6.07, 6.45) is -6.57. The van der Waals surface area contributed by atoms with Crippen LogP contribution in [0.1, 0.15) is 73.6 Å². The number of methoxy groups -OCH3 is 1. The van der Waals surface area contributed by atoms with Gasteiger partial charge in [-0.25, -0.2) is 9.59 Å². The van der Waals surface area contributed by atoms with Crippen molar-refractivity contribution in [1.29, 1.82) is 0 Å². The number of hydrogen-bond acceptors (Lipinski definition) is 17. The molecule has 0 spiro atoms. The third kappa shape index (κ3) is 15.2. The number of carboxylic acids is 2. The Balaban J connectivity index is 0.00000106. The molecular formula is C40H67NO18. The number of aldehydes is 1. The fourth-order valence-electron chi connectivity index (χ4n) is 7.53. The highest BCUT2D eigenvalue weighted by Crippen LogP contribution is 2.39. The average molecular weight is 850 g/mol. The summed E-state index contributed by atoms with van der Waals surface area (Å²) in [5.74, 6) is -5.11. The summed E-state index contributed by atoms with van der Waals surface area (Å²) in [6.45, 7) is 11.1. The highest BCUT2D eigenvalue weighted by molar-refractivity contribution is 5.83. The van der Waals surface area contributed by atoms with Gasteiger partial charge < -0.3 is 79.0 Å². The molecule has 0 saturated carbocycles. The van der Waals surface area contributed by atoms with Crippen LogP contribution in [0, 0.1) is 17.3 Å². The maximum atomic E-state index is 12.8. The number of rotatable bonds is 11. The number of likely N-dealkylation sites (N-methyl/N-ethyl adjacent to an activating group) is 1. The number of allylic oxidation sites excluding steroid dienone is 2. The monoisotopic (exact) mass is 849 g/mol. The summed E-state index contributed by atoms with van der Waals surface area (Å²) in [5, 5.41) is 77.3. The second kappa shape index (κ2) is 23.9. The minimum atomic E-state index is -2.27. The average Bonchev–Trinajstić information content (AvgIpc) is 3.13. The van der Waals surface area contributed by atoms with Crippen LogP contribution < -0.4 is 0 Å². The van der Waals surface area contributed by atoms with Gasteiger partial charge in [-0.2, -0.15) is 0 Å². The zero-order valence-electron chi connectivity index (χ0n) is 35.3. The smallest absolute Gasteiger partial charge is 0.335 e. The highest BCUT2D eigenvalue weighted by Gasteiger charge is 2.51. The zero-order chi connectivity index (χ0) is 44.9. The van der Waals surface area contributed by atoms with E-state index in [0.717, 1.165) is 6.29 Å². The second-order valence-electron chi connectivity index (χ2n) is 16.5. The van der Waals surface area contributed by atoms with Gasteiger partial charge in [-0.3, -0.25) is 4.79 Å². The largest absolute Gasteiger partial charge is 0.479 e. The van der Waals surface area contributed by atoms with E-state index in [1.807, 2.05) is 31.7 Å². The number of carbonyl (C=O) groups is 4. The Morgan fingerprint density at radius 2 is 1.54 bits per heavy atom. The molecule has 3 heterocycles. The Labute approximate surface area is 345 Å². The molecule has 0 aromatic rings. The van der Waals surface area contributed by atoms with Crippen molar-refractivity contribution < 1.29 is 88.5 Å². The number of carbonyl (C=O) groups excluding carboxylic acids is 2. The molecule has 0 aromatic heterocycles. The first-order chi connectivity index (χ1) is 27.5. The summed E-state index contributed by atoms with van der Waals surface area (Å²) < 4.78 is 36.6. The predicted molar refractivity (Wildman–Crippen MR) is 207 cm³/mol. The molecule has 3 aliphatic heterocycles. The first-order valence-corrected chi connectivity index (χ1v) is 19.8. The quantitative estimate of drug-likeness (QED) is 0.100. The summed E-state index contributed by atoms with van der Waals surface area (Å²) in [4.78, 5) is 46.2. The van der Waals surface area contributed by atoms with Gasteiger partial charge in [-0.15, -0.1) is 0 Å². The van der Waals surface area contributed by atoms with Crippen molar-refractivity contribution in [3.8, 4) is 0 Å². The van der Waals surface area contributed by atoms with Crippen molar-refractivity contribution in [3.05, 3.63) is 24.3 Å². The van der Waals surface area contributed by atoms with E-state index in [1.165, 1.54) is 7.11 Å². The number of aliphatic carboxylic acids is 2. The lowest BCUT2D eigenvalue weighted by molar-refractivity contribution is -0.340. The van der Waals surface area contributed by atoms with E-state index >= 15 is 0 Å². The van der Waals surface area contributed by atoms with Crippen LogP contribution in [0.3, 0.4) is 0 Å². The normalized spacial score (nSPS) is 39.4. The molecule has 2 unspecified atom stereocenters. The second-order valence-corrected chi connectivity index (χ2v) is 16.5. The molecule has 340 valence electrons. The highest BCUT2D eigenvalue weighted by atomic mass is 16.7. The Morgan fingerprint density at radius 1 is 0.932 bits per heavy atom. The molecule has 17 atom stereocenters. The molecule has 2 fully saturated rings. The van der Waals surface area contributed by atoms with Crippen LogP contribution in [0.5, 0.6) is 0 Å². The van der Waals surface area contributed by atoms with Crippen molar-refractivity contribution in [3.63, 3.8) is 0 Å². The fraction of sp³-hybridized carbons (Fsp3) is 0.800. The van der Waals surface area contributed by atoms with Crippen molar-refractivity contribution in [1.82, 2.24) is 4.90 Å². The molecule has 8 N–H and O–H groups in total. The fourth-order valence-corrected chi connectivity index (χ4v) is 7.53. The first kappa shape index (κ1) is 52.2. The zero-order valence-corrected chi connectivity index (χ0v) is 35.3. The van der Waals surface area contributed by atoms with Gasteiger partial charge in [0.1, 0.15) is 30.7 Å². The molecule has 0 aliphatic carbocycles. The third-order valence-corrected chi connectivity index (χ3v) is 10.9. The van der Waals surface area contributed by atoms with Gasteiger partial charge in [0.15, 0.2) is 24.8 Å². The minimum Gasteiger partial charge on any atom is -0.479 e. The Hall–Kier alpha value is -2.92. The molecule has 2 saturated heterocycles. The molecule has 19 heteroatoms.